The van der Waals surface area contributed by atoms with Crippen molar-refractivity contribution in [3.63, 3.8) is 0 Å². The van der Waals surface area contributed by atoms with Gasteiger partial charge in [0.15, 0.2) is 6.61 Å². The molecular formula is C18H14FNO2. The summed E-state index contributed by atoms with van der Waals surface area (Å²) in [7, 11) is 0. The highest BCUT2D eigenvalue weighted by molar-refractivity contribution is 5.93. The van der Waals surface area contributed by atoms with Crippen LogP contribution in [0.1, 0.15) is 0 Å². The van der Waals surface area contributed by atoms with Gasteiger partial charge >= 0.3 is 0 Å². The van der Waals surface area contributed by atoms with Gasteiger partial charge in [0, 0.05) is 11.1 Å². The first kappa shape index (κ1) is 14.1. The molecule has 0 aliphatic rings. The van der Waals surface area contributed by atoms with Crippen LogP contribution in [0.25, 0.3) is 10.8 Å². The van der Waals surface area contributed by atoms with Gasteiger partial charge in [-0.2, -0.15) is 0 Å². The van der Waals surface area contributed by atoms with Crippen molar-refractivity contribution >= 4 is 22.4 Å². The Labute approximate surface area is 127 Å². The highest BCUT2D eigenvalue weighted by atomic mass is 19.1. The fourth-order valence-corrected chi connectivity index (χ4v) is 2.23. The normalized spacial score (nSPS) is 10.4. The quantitative estimate of drug-likeness (QED) is 0.790. The maximum Gasteiger partial charge on any atom is 0.262 e. The van der Waals surface area contributed by atoms with E-state index < -0.39 is 5.82 Å². The number of benzene rings is 3. The molecule has 4 heteroatoms. The van der Waals surface area contributed by atoms with Crippen LogP contribution in [0.15, 0.2) is 66.7 Å². The van der Waals surface area contributed by atoms with Crippen molar-refractivity contribution in [3.05, 3.63) is 72.5 Å². The number of fused-ring (bicyclic) bond motifs is 1. The van der Waals surface area contributed by atoms with Crippen LogP contribution in [0.3, 0.4) is 0 Å². The van der Waals surface area contributed by atoms with Crippen molar-refractivity contribution in [1.82, 2.24) is 0 Å². The predicted octanol–water partition coefficient (Wildman–Crippen LogP) is 4.00. The smallest absolute Gasteiger partial charge is 0.262 e. The summed E-state index contributed by atoms with van der Waals surface area (Å²) < 4.78 is 18.6. The molecule has 0 aliphatic carbocycles. The molecule has 0 spiro atoms. The number of hydrogen-bond acceptors (Lipinski definition) is 2. The van der Waals surface area contributed by atoms with Gasteiger partial charge in [0.05, 0.1) is 0 Å². The first-order chi connectivity index (χ1) is 10.7. The van der Waals surface area contributed by atoms with E-state index in [2.05, 4.69) is 5.32 Å². The molecule has 3 rings (SSSR count). The molecule has 0 atom stereocenters. The SMILES string of the molecule is O=C(COc1cccc2ccccc12)Nc1cccc(F)c1. The average molecular weight is 295 g/mol. The van der Waals surface area contributed by atoms with Crippen molar-refractivity contribution < 1.29 is 13.9 Å². The fraction of sp³-hybridized carbons (Fsp3) is 0.0556. The highest BCUT2D eigenvalue weighted by Crippen LogP contribution is 2.25. The Kier molecular flexibility index (Phi) is 4.01. The Bertz CT molecular complexity index is 812. The summed E-state index contributed by atoms with van der Waals surface area (Å²) in [6.07, 6.45) is 0. The Morgan fingerprint density at radius 2 is 1.77 bits per heavy atom. The maximum atomic E-state index is 13.1. The first-order valence-electron chi connectivity index (χ1n) is 6.88. The second-order valence-electron chi connectivity index (χ2n) is 4.82. The van der Waals surface area contributed by atoms with Crippen molar-refractivity contribution in [1.29, 1.82) is 0 Å². The van der Waals surface area contributed by atoms with Gasteiger partial charge in [-0.1, -0.05) is 42.5 Å². The lowest BCUT2D eigenvalue weighted by atomic mass is 10.1. The number of ether oxygens (including phenoxy) is 1. The topological polar surface area (TPSA) is 38.3 Å². The summed E-state index contributed by atoms with van der Waals surface area (Å²) in [5.74, 6) is -0.0844. The number of amides is 1. The first-order valence-corrected chi connectivity index (χ1v) is 6.88. The molecule has 1 N–H and O–H groups in total. The van der Waals surface area contributed by atoms with Crippen LogP contribution in [0.4, 0.5) is 10.1 Å². The van der Waals surface area contributed by atoms with Crippen LogP contribution >= 0.6 is 0 Å². The van der Waals surface area contributed by atoms with Gasteiger partial charge in [-0.15, -0.1) is 0 Å². The summed E-state index contributed by atoms with van der Waals surface area (Å²) in [5.41, 5.74) is 0.409. The average Bonchev–Trinajstić information content (AvgIpc) is 2.53. The van der Waals surface area contributed by atoms with Crippen LogP contribution < -0.4 is 10.1 Å². The van der Waals surface area contributed by atoms with Crippen molar-refractivity contribution in [2.45, 2.75) is 0 Å². The lowest BCUT2D eigenvalue weighted by molar-refractivity contribution is -0.118. The van der Waals surface area contributed by atoms with Crippen molar-refractivity contribution in [3.8, 4) is 5.75 Å². The number of halogens is 1. The summed E-state index contributed by atoms with van der Waals surface area (Å²) >= 11 is 0. The van der Waals surface area contributed by atoms with Gasteiger partial charge in [0.1, 0.15) is 11.6 Å². The monoisotopic (exact) mass is 295 g/mol. The van der Waals surface area contributed by atoms with Gasteiger partial charge in [0.25, 0.3) is 5.91 Å². The lowest BCUT2D eigenvalue weighted by Crippen LogP contribution is -2.20. The molecule has 0 radical (unpaired) electrons. The minimum atomic E-state index is -0.396. The van der Waals surface area contributed by atoms with Crippen LogP contribution in [0, 0.1) is 5.82 Å². The maximum absolute atomic E-state index is 13.1. The summed E-state index contributed by atoms with van der Waals surface area (Å²) in [5, 5.41) is 4.59. The molecule has 22 heavy (non-hydrogen) atoms. The van der Waals surface area contributed by atoms with Gasteiger partial charge in [-0.25, -0.2) is 4.39 Å². The van der Waals surface area contributed by atoms with E-state index in [9.17, 15) is 9.18 Å². The third kappa shape index (κ3) is 3.23. The molecule has 0 aliphatic heterocycles. The van der Waals surface area contributed by atoms with Gasteiger partial charge < -0.3 is 10.1 Å². The molecule has 1 amide bonds. The lowest BCUT2D eigenvalue weighted by Gasteiger charge is -2.10. The Morgan fingerprint density at radius 3 is 2.64 bits per heavy atom. The van der Waals surface area contributed by atoms with E-state index in [4.69, 9.17) is 4.74 Å². The Morgan fingerprint density at radius 1 is 1.00 bits per heavy atom. The van der Waals surface area contributed by atoms with Crippen LogP contribution in [-0.2, 0) is 4.79 Å². The van der Waals surface area contributed by atoms with E-state index in [1.807, 2.05) is 42.5 Å². The van der Waals surface area contributed by atoms with Crippen LogP contribution in [0.2, 0.25) is 0 Å². The van der Waals surface area contributed by atoms with E-state index in [1.54, 1.807) is 6.07 Å². The van der Waals surface area contributed by atoms with E-state index in [0.717, 1.165) is 10.8 Å². The highest BCUT2D eigenvalue weighted by Gasteiger charge is 2.06. The summed E-state index contributed by atoms with van der Waals surface area (Å²) in [6.45, 7) is -0.134. The summed E-state index contributed by atoms with van der Waals surface area (Å²) in [4.78, 5) is 11.9. The molecule has 3 aromatic carbocycles. The largest absolute Gasteiger partial charge is 0.483 e. The fourth-order valence-electron chi connectivity index (χ4n) is 2.23. The van der Waals surface area contributed by atoms with Crippen molar-refractivity contribution in [2.75, 3.05) is 11.9 Å². The minimum absolute atomic E-state index is 0.134. The molecule has 0 fully saturated rings. The Balaban J connectivity index is 1.68. The zero-order valence-corrected chi connectivity index (χ0v) is 11.8. The van der Waals surface area contributed by atoms with E-state index in [0.29, 0.717) is 11.4 Å². The number of rotatable bonds is 4. The molecule has 3 aromatic rings. The van der Waals surface area contributed by atoms with E-state index in [1.165, 1.54) is 18.2 Å². The van der Waals surface area contributed by atoms with Gasteiger partial charge in [0.2, 0.25) is 0 Å². The number of hydrogen-bond donors (Lipinski definition) is 1. The second-order valence-corrected chi connectivity index (χ2v) is 4.82. The van der Waals surface area contributed by atoms with Gasteiger partial charge in [-0.05, 0) is 29.7 Å². The van der Waals surface area contributed by atoms with Gasteiger partial charge in [-0.3, -0.25) is 4.79 Å². The molecular weight excluding hydrogens is 281 g/mol. The molecule has 3 nitrogen and oxygen atoms in total. The standard InChI is InChI=1S/C18H14FNO2/c19-14-7-4-8-15(11-14)20-18(21)12-22-17-10-3-6-13-5-1-2-9-16(13)17/h1-11H,12H2,(H,20,21). The molecule has 0 heterocycles. The zero-order chi connectivity index (χ0) is 15.4. The van der Waals surface area contributed by atoms with E-state index in [-0.39, 0.29) is 12.5 Å². The number of anilines is 1. The second kappa shape index (κ2) is 6.26. The third-order valence-electron chi connectivity index (χ3n) is 3.22. The number of carbonyl (C=O) groups is 1. The van der Waals surface area contributed by atoms with Crippen molar-refractivity contribution in [2.24, 2.45) is 0 Å². The molecule has 0 saturated heterocycles. The molecule has 0 aromatic heterocycles. The van der Waals surface area contributed by atoms with Crippen LogP contribution in [-0.4, -0.2) is 12.5 Å². The van der Waals surface area contributed by atoms with E-state index >= 15 is 0 Å². The molecule has 0 bridgehead atoms. The summed E-state index contributed by atoms with van der Waals surface area (Å²) in [6, 6.07) is 19.2. The third-order valence-corrected chi connectivity index (χ3v) is 3.22. The minimum Gasteiger partial charge on any atom is -0.483 e. The zero-order valence-electron chi connectivity index (χ0n) is 11.8. The number of nitrogens with one attached hydrogen (secondary N) is 1. The predicted molar refractivity (Wildman–Crippen MR) is 84.5 cm³/mol. The molecule has 0 saturated carbocycles. The van der Waals surface area contributed by atoms with Crippen LogP contribution in [0.5, 0.6) is 5.75 Å². The molecule has 110 valence electrons. The Hall–Kier alpha value is -2.88. The number of carbonyl (C=O) groups excluding carboxylic acids is 1. The molecule has 0 unspecified atom stereocenters.